The van der Waals surface area contributed by atoms with E-state index in [0.29, 0.717) is 36.3 Å². The van der Waals surface area contributed by atoms with Gasteiger partial charge in [0, 0.05) is 0 Å². The summed E-state index contributed by atoms with van der Waals surface area (Å²) in [4.78, 5) is 4.45. The molecule has 0 aliphatic heterocycles. The molecule has 2 N–H and O–H groups in total. The Bertz CT molecular complexity index is 496. The summed E-state index contributed by atoms with van der Waals surface area (Å²) in [6.45, 7) is 7.29. The van der Waals surface area contributed by atoms with Crippen molar-refractivity contribution in [3.05, 3.63) is 11.7 Å². The van der Waals surface area contributed by atoms with Gasteiger partial charge in [-0.3, -0.25) is 0 Å². The molecule has 1 aromatic rings. The second-order valence-electron chi connectivity index (χ2n) is 7.70. The Morgan fingerprint density at radius 3 is 2.77 bits per heavy atom. The van der Waals surface area contributed by atoms with E-state index in [0.717, 1.165) is 31.6 Å². The second-order valence-corrected chi connectivity index (χ2v) is 7.70. The van der Waals surface area contributed by atoms with Crippen LogP contribution in [0, 0.1) is 17.8 Å². The molecule has 1 heterocycles. The summed E-state index contributed by atoms with van der Waals surface area (Å²) in [5.41, 5.74) is 5.87. The molecule has 3 atom stereocenters. The van der Waals surface area contributed by atoms with Crippen molar-refractivity contribution in [1.29, 1.82) is 0 Å². The first-order valence-electron chi connectivity index (χ1n) is 8.71. The average Bonchev–Trinajstić information content (AvgIpc) is 2.91. The molecule has 3 unspecified atom stereocenters. The van der Waals surface area contributed by atoms with Gasteiger partial charge in [0.15, 0.2) is 5.82 Å². The SMILES string of the molecule is CC1CCC(C(C)C)C(OCc2nc(C3(N)CCC3)no2)C1. The molecule has 0 amide bonds. The molecule has 0 bridgehead atoms. The van der Waals surface area contributed by atoms with Crippen LogP contribution in [0.3, 0.4) is 0 Å². The van der Waals surface area contributed by atoms with E-state index >= 15 is 0 Å². The highest BCUT2D eigenvalue weighted by atomic mass is 16.5. The van der Waals surface area contributed by atoms with Crippen LogP contribution in [0.2, 0.25) is 0 Å². The molecule has 0 spiro atoms. The zero-order valence-electron chi connectivity index (χ0n) is 14.0. The minimum atomic E-state index is -0.360. The Hall–Kier alpha value is -0.940. The third-order valence-corrected chi connectivity index (χ3v) is 5.54. The number of hydrogen-bond donors (Lipinski definition) is 1. The van der Waals surface area contributed by atoms with Crippen LogP contribution in [0.4, 0.5) is 0 Å². The molecule has 2 saturated carbocycles. The van der Waals surface area contributed by atoms with Crippen molar-refractivity contribution in [3.8, 4) is 0 Å². The maximum atomic E-state index is 6.23. The van der Waals surface area contributed by atoms with Gasteiger partial charge in [0.05, 0.1) is 11.6 Å². The number of nitrogens with two attached hydrogens (primary N) is 1. The van der Waals surface area contributed by atoms with E-state index in [1.54, 1.807) is 0 Å². The Balaban J connectivity index is 1.59. The maximum absolute atomic E-state index is 6.23. The molecular weight excluding hydrogens is 278 g/mol. The van der Waals surface area contributed by atoms with Crippen molar-refractivity contribution in [1.82, 2.24) is 10.1 Å². The largest absolute Gasteiger partial charge is 0.368 e. The van der Waals surface area contributed by atoms with E-state index in [1.165, 1.54) is 12.8 Å². The first-order chi connectivity index (χ1) is 10.5. The second kappa shape index (κ2) is 6.28. The molecule has 1 aromatic heterocycles. The molecule has 124 valence electrons. The molecule has 3 rings (SSSR count). The number of rotatable bonds is 5. The summed E-state index contributed by atoms with van der Waals surface area (Å²) >= 11 is 0. The lowest BCUT2D eigenvalue weighted by Crippen LogP contribution is -2.44. The van der Waals surface area contributed by atoms with Crippen molar-refractivity contribution in [3.63, 3.8) is 0 Å². The van der Waals surface area contributed by atoms with E-state index in [9.17, 15) is 0 Å². The molecule has 0 saturated heterocycles. The van der Waals surface area contributed by atoms with Gasteiger partial charge in [0.25, 0.3) is 5.89 Å². The van der Waals surface area contributed by atoms with Crippen molar-refractivity contribution in [2.75, 3.05) is 0 Å². The fourth-order valence-electron chi connectivity index (χ4n) is 3.78. The first kappa shape index (κ1) is 15.9. The van der Waals surface area contributed by atoms with Gasteiger partial charge in [-0.25, -0.2) is 0 Å². The quantitative estimate of drug-likeness (QED) is 0.902. The topological polar surface area (TPSA) is 74.2 Å². The smallest absolute Gasteiger partial charge is 0.252 e. The van der Waals surface area contributed by atoms with Gasteiger partial charge in [-0.2, -0.15) is 4.98 Å². The number of aromatic nitrogens is 2. The van der Waals surface area contributed by atoms with Crippen LogP contribution in [-0.2, 0) is 16.9 Å². The zero-order chi connectivity index (χ0) is 15.7. The van der Waals surface area contributed by atoms with E-state index in [1.807, 2.05) is 0 Å². The third-order valence-electron chi connectivity index (χ3n) is 5.54. The minimum absolute atomic E-state index is 0.301. The van der Waals surface area contributed by atoms with E-state index < -0.39 is 0 Å². The molecule has 2 fully saturated rings. The summed E-state index contributed by atoms with van der Waals surface area (Å²) < 4.78 is 11.5. The van der Waals surface area contributed by atoms with Gasteiger partial charge < -0.3 is 15.0 Å². The van der Waals surface area contributed by atoms with Gasteiger partial charge in [0.1, 0.15) is 6.61 Å². The highest BCUT2D eigenvalue weighted by Crippen LogP contribution is 2.37. The van der Waals surface area contributed by atoms with Gasteiger partial charge in [-0.05, 0) is 49.9 Å². The van der Waals surface area contributed by atoms with Crippen LogP contribution in [-0.4, -0.2) is 16.2 Å². The Labute approximate surface area is 133 Å². The van der Waals surface area contributed by atoms with Gasteiger partial charge in [0.2, 0.25) is 0 Å². The zero-order valence-corrected chi connectivity index (χ0v) is 14.0. The highest BCUT2D eigenvalue weighted by Gasteiger charge is 2.39. The minimum Gasteiger partial charge on any atom is -0.368 e. The summed E-state index contributed by atoms with van der Waals surface area (Å²) in [7, 11) is 0. The molecule has 2 aliphatic rings. The van der Waals surface area contributed by atoms with Crippen LogP contribution in [0.15, 0.2) is 4.52 Å². The van der Waals surface area contributed by atoms with Gasteiger partial charge in [-0.1, -0.05) is 32.3 Å². The predicted molar refractivity (Wildman–Crippen MR) is 83.9 cm³/mol. The molecule has 5 heteroatoms. The Kier molecular flexibility index (Phi) is 4.55. The Morgan fingerprint density at radius 2 is 2.14 bits per heavy atom. The van der Waals surface area contributed by atoms with E-state index in [2.05, 4.69) is 30.9 Å². The summed E-state index contributed by atoms with van der Waals surface area (Å²) in [6.07, 6.45) is 7.03. The Morgan fingerprint density at radius 1 is 1.36 bits per heavy atom. The van der Waals surface area contributed by atoms with E-state index in [4.69, 9.17) is 15.0 Å². The van der Waals surface area contributed by atoms with Crippen LogP contribution in [0.5, 0.6) is 0 Å². The lowest BCUT2D eigenvalue weighted by atomic mass is 9.75. The molecule has 0 aromatic carbocycles. The molecule has 5 nitrogen and oxygen atoms in total. The lowest BCUT2D eigenvalue weighted by molar-refractivity contribution is -0.0547. The highest BCUT2D eigenvalue weighted by molar-refractivity contribution is 5.08. The van der Waals surface area contributed by atoms with Crippen LogP contribution >= 0.6 is 0 Å². The fraction of sp³-hybridized carbons (Fsp3) is 0.882. The van der Waals surface area contributed by atoms with Crippen LogP contribution < -0.4 is 5.73 Å². The number of ether oxygens (including phenoxy) is 1. The van der Waals surface area contributed by atoms with Crippen molar-refractivity contribution < 1.29 is 9.26 Å². The molecule has 22 heavy (non-hydrogen) atoms. The van der Waals surface area contributed by atoms with Gasteiger partial charge >= 0.3 is 0 Å². The van der Waals surface area contributed by atoms with Crippen molar-refractivity contribution in [2.24, 2.45) is 23.5 Å². The maximum Gasteiger partial charge on any atom is 0.252 e. The molecule has 0 radical (unpaired) electrons. The number of nitrogens with zero attached hydrogens (tertiary/aromatic N) is 2. The summed E-state index contributed by atoms with van der Waals surface area (Å²) in [5, 5.41) is 4.05. The predicted octanol–water partition coefficient (Wildman–Crippen LogP) is 3.38. The lowest BCUT2D eigenvalue weighted by Gasteiger charge is -2.36. The van der Waals surface area contributed by atoms with Gasteiger partial charge in [-0.15, -0.1) is 0 Å². The summed E-state index contributed by atoms with van der Waals surface area (Å²) in [5.74, 6) is 3.23. The molecular formula is C17H29N3O2. The summed E-state index contributed by atoms with van der Waals surface area (Å²) in [6, 6.07) is 0. The van der Waals surface area contributed by atoms with Crippen LogP contribution in [0.1, 0.15) is 71.0 Å². The monoisotopic (exact) mass is 307 g/mol. The fourth-order valence-corrected chi connectivity index (χ4v) is 3.78. The third kappa shape index (κ3) is 3.20. The number of hydrogen-bond acceptors (Lipinski definition) is 5. The first-order valence-corrected chi connectivity index (χ1v) is 8.71. The normalized spacial score (nSPS) is 31.2. The van der Waals surface area contributed by atoms with Crippen molar-refractivity contribution in [2.45, 2.75) is 77.5 Å². The van der Waals surface area contributed by atoms with Crippen LogP contribution in [0.25, 0.3) is 0 Å². The standard InChI is InChI=1S/C17H29N3O2/c1-11(2)13-6-5-12(3)9-14(13)21-10-15-19-16(20-22-15)17(18)7-4-8-17/h11-14H,4-10,18H2,1-3H3. The average molecular weight is 307 g/mol. The van der Waals surface area contributed by atoms with Crippen molar-refractivity contribution >= 4 is 0 Å². The molecule has 2 aliphatic carbocycles. The van der Waals surface area contributed by atoms with E-state index in [-0.39, 0.29) is 5.54 Å².